The van der Waals surface area contributed by atoms with Gasteiger partial charge in [0.2, 0.25) is 5.91 Å². The molecule has 1 amide bonds. The summed E-state index contributed by atoms with van der Waals surface area (Å²) in [5.74, 6) is -0.0871. The molecule has 0 aliphatic heterocycles. The summed E-state index contributed by atoms with van der Waals surface area (Å²) in [4.78, 5) is 11.8. The van der Waals surface area contributed by atoms with E-state index in [-0.39, 0.29) is 5.91 Å². The van der Waals surface area contributed by atoms with Crippen LogP contribution in [-0.2, 0) is 4.79 Å². The Balaban J connectivity index is 1.81. The lowest BCUT2D eigenvalue weighted by Gasteiger charge is -2.08. The quantitative estimate of drug-likeness (QED) is 0.740. The van der Waals surface area contributed by atoms with Crippen LogP contribution < -0.4 is 10.6 Å². The van der Waals surface area contributed by atoms with E-state index in [2.05, 4.69) is 26.6 Å². The third-order valence-corrected chi connectivity index (χ3v) is 3.94. The van der Waals surface area contributed by atoms with Crippen LogP contribution in [0.1, 0.15) is 6.42 Å². The number of amides is 1. The number of carbonyl (C=O) groups is 1. The van der Waals surface area contributed by atoms with Gasteiger partial charge in [0.1, 0.15) is 0 Å². The lowest BCUT2D eigenvalue weighted by molar-refractivity contribution is -0.115. The lowest BCUT2D eigenvalue weighted by Crippen LogP contribution is -2.16. The maximum absolute atomic E-state index is 11.8. The van der Waals surface area contributed by atoms with E-state index in [1.807, 2.05) is 24.3 Å². The number of rotatable bonds is 5. The minimum atomic E-state index is -0.0871. The molecule has 0 aromatic heterocycles. The van der Waals surface area contributed by atoms with Gasteiger partial charge in [0.25, 0.3) is 0 Å². The van der Waals surface area contributed by atoms with Crippen molar-refractivity contribution in [3.8, 4) is 0 Å². The van der Waals surface area contributed by atoms with Gasteiger partial charge in [-0.3, -0.25) is 4.79 Å². The van der Waals surface area contributed by atoms with Crippen molar-refractivity contribution in [1.29, 1.82) is 0 Å². The summed E-state index contributed by atoms with van der Waals surface area (Å²) < 4.78 is 0.993. The highest BCUT2D eigenvalue weighted by molar-refractivity contribution is 9.10. The van der Waals surface area contributed by atoms with Gasteiger partial charge in [-0.25, -0.2) is 0 Å². The predicted octanol–water partition coefficient (Wildman–Crippen LogP) is 5.20. The molecule has 2 aromatic carbocycles. The van der Waals surface area contributed by atoms with Crippen molar-refractivity contribution in [2.24, 2.45) is 0 Å². The number of carbonyl (C=O) groups excluding carboxylic acids is 1. The number of anilines is 2. The van der Waals surface area contributed by atoms with Crippen molar-refractivity contribution in [1.82, 2.24) is 0 Å². The molecule has 21 heavy (non-hydrogen) atoms. The monoisotopic (exact) mass is 386 g/mol. The molecular formula is C15H13BrCl2N2O. The molecule has 110 valence electrons. The Morgan fingerprint density at radius 1 is 1.05 bits per heavy atom. The van der Waals surface area contributed by atoms with Crippen LogP contribution in [0, 0.1) is 0 Å². The summed E-state index contributed by atoms with van der Waals surface area (Å²) >= 11 is 15.1. The second-order valence-electron chi connectivity index (χ2n) is 4.36. The first-order valence-electron chi connectivity index (χ1n) is 6.29. The minimum Gasteiger partial charge on any atom is -0.384 e. The van der Waals surface area contributed by atoms with Gasteiger partial charge < -0.3 is 10.6 Å². The molecule has 0 saturated heterocycles. The average molecular weight is 388 g/mol. The molecule has 0 spiro atoms. The molecule has 0 bridgehead atoms. The van der Waals surface area contributed by atoms with Crippen molar-refractivity contribution in [3.05, 3.63) is 57.0 Å². The molecule has 0 fully saturated rings. The van der Waals surface area contributed by atoms with Crippen LogP contribution in [0.3, 0.4) is 0 Å². The fourth-order valence-corrected chi connectivity index (χ4v) is 2.41. The summed E-state index contributed by atoms with van der Waals surface area (Å²) in [6.45, 7) is 0.545. The Kier molecular flexibility index (Phi) is 5.91. The van der Waals surface area contributed by atoms with Crippen LogP contribution >= 0.6 is 39.1 Å². The first-order valence-corrected chi connectivity index (χ1v) is 7.84. The first-order chi connectivity index (χ1) is 10.0. The summed E-state index contributed by atoms with van der Waals surface area (Å²) in [7, 11) is 0. The second kappa shape index (κ2) is 7.69. The number of hydrogen-bond donors (Lipinski definition) is 2. The maximum Gasteiger partial charge on any atom is 0.226 e. The molecule has 0 aliphatic rings. The number of halogens is 3. The zero-order valence-electron chi connectivity index (χ0n) is 11.0. The summed E-state index contributed by atoms with van der Waals surface area (Å²) in [6, 6.07) is 12.8. The Hall–Kier alpha value is -1.23. The van der Waals surface area contributed by atoms with Gasteiger partial charge in [0.15, 0.2) is 0 Å². The van der Waals surface area contributed by atoms with E-state index in [0.717, 1.165) is 10.2 Å². The van der Waals surface area contributed by atoms with Crippen molar-refractivity contribution < 1.29 is 4.79 Å². The van der Waals surface area contributed by atoms with Crippen molar-refractivity contribution in [3.63, 3.8) is 0 Å². The van der Waals surface area contributed by atoms with Crippen LogP contribution in [0.4, 0.5) is 11.4 Å². The molecule has 0 radical (unpaired) electrons. The Morgan fingerprint density at radius 3 is 2.57 bits per heavy atom. The van der Waals surface area contributed by atoms with Crippen molar-refractivity contribution in [2.75, 3.05) is 17.2 Å². The third-order valence-electron chi connectivity index (χ3n) is 2.71. The zero-order chi connectivity index (χ0) is 15.2. The Bertz CT molecular complexity index is 649. The lowest BCUT2D eigenvalue weighted by atomic mass is 10.3. The highest BCUT2D eigenvalue weighted by Crippen LogP contribution is 2.25. The van der Waals surface area contributed by atoms with E-state index in [1.165, 1.54) is 0 Å². The molecule has 2 N–H and O–H groups in total. The average Bonchev–Trinajstić information content (AvgIpc) is 2.43. The standard InChI is InChI=1S/C15H13BrCl2N2O/c16-10-2-1-3-11(8-10)19-7-6-15(21)20-12-4-5-13(17)14(18)9-12/h1-5,8-9,19H,6-7H2,(H,20,21). The van der Waals surface area contributed by atoms with E-state index >= 15 is 0 Å². The normalized spacial score (nSPS) is 10.2. The zero-order valence-corrected chi connectivity index (χ0v) is 14.1. The summed E-state index contributed by atoms with van der Waals surface area (Å²) in [5, 5.41) is 6.84. The Labute approximate surface area is 141 Å². The molecule has 0 atom stereocenters. The van der Waals surface area contributed by atoms with Crippen LogP contribution in [-0.4, -0.2) is 12.5 Å². The van der Waals surface area contributed by atoms with E-state index in [9.17, 15) is 4.79 Å². The largest absolute Gasteiger partial charge is 0.384 e. The SMILES string of the molecule is O=C(CCNc1cccc(Br)c1)Nc1ccc(Cl)c(Cl)c1. The highest BCUT2D eigenvalue weighted by atomic mass is 79.9. The van der Waals surface area contributed by atoms with Gasteiger partial charge in [0, 0.05) is 28.8 Å². The predicted molar refractivity (Wildman–Crippen MR) is 92.3 cm³/mol. The number of nitrogens with one attached hydrogen (secondary N) is 2. The molecule has 2 rings (SSSR count). The van der Waals surface area contributed by atoms with Gasteiger partial charge >= 0.3 is 0 Å². The van der Waals surface area contributed by atoms with E-state index in [0.29, 0.717) is 28.7 Å². The minimum absolute atomic E-state index is 0.0871. The molecule has 3 nitrogen and oxygen atoms in total. The topological polar surface area (TPSA) is 41.1 Å². The van der Waals surface area contributed by atoms with Gasteiger partial charge in [-0.05, 0) is 36.4 Å². The first kappa shape index (κ1) is 16.1. The number of benzene rings is 2. The van der Waals surface area contributed by atoms with Crippen molar-refractivity contribution >= 4 is 56.4 Å². The molecule has 6 heteroatoms. The van der Waals surface area contributed by atoms with Crippen LogP contribution in [0.2, 0.25) is 10.0 Å². The maximum atomic E-state index is 11.8. The smallest absolute Gasteiger partial charge is 0.226 e. The van der Waals surface area contributed by atoms with E-state index in [4.69, 9.17) is 23.2 Å². The van der Waals surface area contributed by atoms with Gasteiger partial charge in [-0.15, -0.1) is 0 Å². The molecule has 0 heterocycles. The fourth-order valence-electron chi connectivity index (χ4n) is 1.72. The third kappa shape index (κ3) is 5.23. The van der Waals surface area contributed by atoms with E-state index in [1.54, 1.807) is 18.2 Å². The fraction of sp³-hybridized carbons (Fsp3) is 0.133. The van der Waals surface area contributed by atoms with Crippen LogP contribution in [0.15, 0.2) is 46.9 Å². The Morgan fingerprint density at radius 2 is 1.86 bits per heavy atom. The summed E-state index contributed by atoms with van der Waals surface area (Å²) in [6.07, 6.45) is 0.354. The van der Waals surface area contributed by atoms with Gasteiger partial charge in [-0.1, -0.05) is 45.2 Å². The summed E-state index contributed by atoms with van der Waals surface area (Å²) in [5.41, 5.74) is 1.60. The van der Waals surface area contributed by atoms with Gasteiger partial charge in [0.05, 0.1) is 10.0 Å². The molecule has 0 unspecified atom stereocenters. The van der Waals surface area contributed by atoms with E-state index < -0.39 is 0 Å². The molecule has 0 saturated carbocycles. The van der Waals surface area contributed by atoms with Crippen LogP contribution in [0.25, 0.3) is 0 Å². The van der Waals surface area contributed by atoms with Crippen molar-refractivity contribution in [2.45, 2.75) is 6.42 Å². The van der Waals surface area contributed by atoms with Gasteiger partial charge in [-0.2, -0.15) is 0 Å². The number of hydrogen-bond acceptors (Lipinski definition) is 2. The van der Waals surface area contributed by atoms with Crippen LogP contribution in [0.5, 0.6) is 0 Å². The highest BCUT2D eigenvalue weighted by Gasteiger charge is 2.04. The molecular weight excluding hydrogens is 375 g/mol. The second-order valence-corrected chi connectivity index (χ2v) is 6.09. The molecule has 0 aliphatic carbocycles. The molecule has 2 aromatic rings.